The van der Waals surface area contributed by atoms with Gasteiger partial charge >= 0.3 is 0 Å². The summed E-state index contributed by atoms with van der Waals surface area (Å²) >= 11 is 1.15. The van der Waals surface area contributed by atoms with Crippen LogP contribution in [0, 0.1) is 13.8 Å². The Bertz CT molecular complexity index is 880. The highest BCUT2D eigenvalue weighted by Crippen LogP contribution is 2.25. The monoisotopic (exact) mass is 308 g/mol. The highest BCUT2D eigenvalue weighted by Gasteiger charge is 2.20. The van der Waals surface area contributed by atoms with E-state index in [1.807, 2.05) is 19.1 Å². The van der Waals surface area contributed by atoms with Crippen LogP contribution in [0.3, 0.4) is 0 Å². The second kappa shape index (κ2) is 4.57. The first-order valence-corrected chi connectivity index (χ1v) is 8.12. The van der Waals surface area contributed by atoms with E-state index in [9.17, 15) is 8.42 Å². The molecule has 0 radical (unpaired) electrons. The maximum atomic E-state index is 12.4. The molecule has 0 atom stereocenters. The first-order valence-electron chi connectivity index (χ1n) is 5.86. The van der Waals surface area contributed by atoms with Crippen LogP contribution in [0.25, 0.3) is 10.9 Å². The quantitative estimate of drug-likeness (QED) is 0.778. The Morgan fingerprint density at radius 3 is 2.80 bits per heavy atom. The predicted molar refractivity (Wildman–Crippen MR) is 78.5 cm³/mol. The van der Waals surface area contributed by atoms with Gasteiger partial charge in [0, 0.05) is 17.1 Å². The summed E-state index contributed by atoms with van der Waals surface area (Å²) in [6, 6.07) is 5.56. The van der Waals surface area contributed by atoms with Crippen molar-refractivity contribution in [2.75, 3.05) is 4.72 Å². The van der Waals surface area contributed by atoms with Gasteiger partial charge in [0.1, 0.15) is 9.90 Å². The number of hydrogen-bond acceptors (Lipinski definition) is 5. The average molecular weight is 308 g/mol. The molecule has 3 rings (SSSR count). The van der Waals surface area contributed by atoms with Gasteiger partial charge in [-0.05, 0) is 37.0 Å². The summed E-state index contributed by atoms with van der Waals surface area (Å²) in [5, 5.41) is 1.35. The number of rotatable bonds is 3. The van der Waals surface area contributed by atoms with Crippen molar-refractivity contribution in [1.82, 2.24) is 14.3 Å². The van der Waals surface area contributed by atoms with E-state index >= 15 is 0 Å². The SMILES string of the molecule is Cc1ccc2c(S(=O)(=O)Nc3nsc(C)n3)c[nH]c2c1. The molecule has 2 aromatic heterocycles. The third-order valence-electron chi connectivity index (χ3n) is 2.84. The first-order chi connectivity index (χ1) is 9.45. The van der Waals surface area contributed by atoms with Gasteiger partial charge in [0.25, 0.3) is 10.0 Å². The van der Waals surface area contributed by atoms with Gasteiger partial charge in [-0.2, -0.15) is 4.37 Å². The lowest BCUT2D eigenvalue weighted by Crippen LogP contribution is -2.13. The molecular formula is C12H12N4O2S2. The van der Waals surface area contributed by atoms with E-state index in [1.165, 1.54) is 6.20 Å². The van der Waals surface area contributed by atoms with E-state index in [1.54, 1.807) is 13.0 Å². The van der Waals surface area contributed by atoms with Crippen LogP contribution < -0.4 is 4.72 Å². The van der Waals surface area contributed by atoms with Crippen molar-refractivity contribution in [3.8, 4) is 0 Å². The van der Waals surface area contributed by atoms with E-state index in [4.69, 9.17) is 0 Å². The van der Waals surface area contributed by atoms with Gasteiger partial charge in [0.2, 0.25) is 5.95 Å². The summed E-state index contributed by atoms with van der Waals surface area (Å²) in [6.45, 7) is 3.72. The van der Waals surface area contributed by atoms with Gasteiger partial charge in [-0.1, -0.05) is 12.1 Å². The van der Waals surface area contributed by atoms with Crippen molar-refractivity contribution >= 4 is 38.4 Å². The zero-order valence-corrected chi connectivity index (χ0v) is 12.5. The standard InChI is InChI=1S/C12H12N4O2S2/c1-7-3-4-9-10(5-7)13-6-11(9)20(17,18)16-12-14-8(2)19-15-12/h3-6,13H,1-2H3,(H,15,16). The Labute approximate surface area is 120 Å². The normalized spacial score (nSPS) is 11.9. The number of H-pyrrole nitrogens is 1. The van der Waals surface area contributed by atoms with Crippen molar-refractivity contribution in [3.05, 3.63) is 35.0 Å². The third kappa shape index (κ3) is 2.27. The molecule has 8 heteroatoms. The van der Waals surface area contributed by atoms with E-state index < -0.39 is 10.0 Å². The minimum atomic E-state index is -3.70. The van der Waals surface area contributed by atoms with Gasteiger partial charge in [-0.15, -0.1) is 0 Å². The van der Waals surface area contributed by atoms with Gasteiger partial charge in [-0.3, -0.25) is 0 Å². The molecule has 20 heavy (non-hydrogen) atoms. The molecule has 0 aliphatic heterocycles. The molecule has 0 aliphatic rings. The zero-order chi connectivity index (χ0) is 14.3. The molecule has 0 spiro atoms. The maximum Gasteiger partial charge on any atom is 0.266 e. The molecule has 0 unspecified atom stereocenters. The number of sulfonamides is 1. The molecular weight excluding hydrogens is 296 g/mol. The van der Waals surface area contributed by atoms with Gasteiger partial charge < -0.3 is 4.98 Å². The van der Waals surface area contributed by atoms with Crippen LogP contribution in [-0.2, 0) is 10.0 Å². The summed E-state index contributed by atoms with van der Waals surface area (Å²) in [6.07, 6.45) is 1.48. The highest BCUT2D eigenvalue weighted by atomic mass is 32.2. The maximum absolute atomic E-state index is 12.4. The first kappa shape index (κ1) is 13.1. The fourth-order valence-corrected chi connectivity index (χ4v) is 3.56. The smallest absolute Gasteiger partial charge is 0.266 e. The minimum Gasteiger partial charge on any atom is -0.360 e. The largest absolute Gasteiger partial charge is 0.360 e. The second-order valence-corrected chi connectivity index (χ2v) is 7.05. The summed E-state index contributed by atoms with van der Waals surface area (Å²) < 4.78 is 31.1. The molecule has 0 saturated heterocycles. The Kier molecular flexibility index (Phi) is 2.98. The molecule has 0 aliphatic carbocycles. The van der Waals surface area contributed by atoms with Crippen LogP contribution in [0.15, 0.2) is 29.3 Å². The van der Waals surface area contributed by atoms with E-state index in [2.05, 4.69) is 19.1 Å². The zero-order valence-electron chi connectivity index (χ0n) is 10.8. The number of aromatic nitrogens is 3. The predicted octanol–water partition coefficient (Wildman–Crippen LogP) is 2.44. The minimum absolute atomic E-state index is 0.106. The van der Waals surface area contributed by atoms with E-state index in [0.29, 0.717) is 10.4 Å². The van der Waals surface area contributed by atoms with Crippen molar-refractivity contribution in [1.29, 1.82) is 0 Å². The van der Waals surface area contributed by atoms with Crippen LogP contribution in [0.2, 0.25) is 0 Å². The summed E-state index contributed by atoms with van der Waals surface area (Å²) in [5.74, 6) is 0.106. The van der Waals surface area contributed by atoms with E-state index in [-0.39, 0.29) is 10.8 Å². The van der Waals surface area contributed by atoms with Crippen LogP contribution in [-0.4, -0.2) is 22.8 Å². The molecule has 0 saturated carbocycles. The Hall–Kier alpha value is -1.93. The van der Waals surface area contributed by atoms with Crippen molar-refractivity contribution in [2.24, 2.45) is 0 Å². The average Bonchev–Trinajstić information content (AvgIpc) is 2.94. The van der Waals surface area contributed by atoms with E-state index in [0.717, 1.165) is 22.6 Å². The molecule has 0 bridgehead atoms. The number of anilines is 1. The topological polar surface area (TPSA) is 87.7 Å². The summed E-state index contributed by atoms with van der Waals surface area (Å²) in [4.78, 5) is 7.17. The van der Waals surface area contributed by atoms with Gasteiger partial charge in [-0.25, -0.2) is 18.1 Å². The number of nitrogens with zero attached hydrogens (tertiary/aromatic N) is 2. The van der Waals surface area contributed by atoms with Crippen LogP contribution >= 0.6 is 11.5 Å². The second-order valence-electron chi connectivity index (χ2n) is 4.44. The Morgan fingerprint density at radius 2 is 2.10 bits per heavy atom. The molecule has 2 heterocycles. The molecule has 0 fully saturated rings. The molecule has 104 valence electrons. The highest BCUT2D eigenvalue weighted by molar-refractivity contribution is 7.93. The van der Waals surface area contributed by atoms with Crippen molar-refractivity contribution in [2.45, 2.75) is 18.7 Å². The number of aromatic amines is 1. The lowest BCUT2D eigenvalue weighted by Gasteiger charge is -2.03. The van der Waals surface area contributed by atoms with Gasteiger partial charge in [0.05, 0.1) is 0 Å². The number of hydrogen-bond donors (Lipinski definition) is 2. The van der Waals surface area contributed by atoms with Crippen LogP contribution in [0.4, 0.5) is 5.95 Å². The van der Waals surface area contributed by atoms with Crippen LogP contribution in [0.1, 0.15) is 10.6 Å². The Balaban J connectivity index is 2.05. The number of nitrogens with one attached hydrogen (secondary N) is 2. The third-order valence-corrected chi connectivity index (χ3v) is 4.83. The van der Waals surface area contributed by atoms with Gasteiger partial charge in [0.15, 0.2) is 0 Å². The molecule has 0 amide bonds. The Morgan fingerprint density at radius 1 is 1.30 bits per heavy atom. The van der Waals surface area contributed by atoms with Crippen molar-refractivity contribution < 1.29 is 8.42 Å². The fourth-order valence-electron chi connectivity index (χ4n) is 1.95. The van der Waals surface area contributed by atoms with Crippen LogP contribution in [0.5, 0.6) is 0 Å². The summed E-state index contributed by atoms with van der Waals surface area (Å²) in [7, 11) is -3.70. The fraction of sp³-hybridized carbons (Fsp3) is 0.167. The lowest BCUT2D eigenvalue weighted by molar-refractivity contribution is 0.601. The molecule has 6 nitrogen and oxygen atoms in total. The number of fused-ring (bicyclic) bond motifs is 1. The number of aryl methyl sites for hydroxylation is 2. The number of benzene rings is 1. The molecule has 1 aromatic carbocycles. The molecule has 3 aromatic rings. The lowest BCUT2D eigenvalue weighted by atomic mass is 10.2. The summed E-state index contributed by atoms with van der Waals surface area (Å²) in [5.41, 5.74) is 1.85. The van der Waals surface area contributed by atoms with Crippen molar-refractivity contribution in [3.63, 3.8) is 0 Å². The molecule has 2 N–H and O–H groups in total.